The van der Waals surface area contributed by atoms with Gasteiger partial charge >= 0.3 is 0 Å². The second kappa shape index (κ2) is 9.53. The van der Waals surface area contributed by atoms with Gasteiger partial charge in [0, 0.05) is 30.7 Å². The maximum absolute atomic E-state index is 6.17. The molecule has 6 heteroatoms. The lowest BCUT2D eigenvalue weighted by atomic mass is 10.1. The predicted octanol–water partition coefficient (Wildman–Crippen LogP) is 4.35. The van der Waals surface area contributed by atoms with E-state index in [1.165, 1.54) is 0 Å². The lowest BCUT2D eigenvalue weighted by Crippen LogP contribution is -2.48. The molecule has 0 aliphatic carbocycles. The van der Waals surface area contributed by atoms with E-state index in [2.05, 4.69) is 32.7 Å². The van der Waals surface area contributed by atoms with E-state index in [9.17, 15) is 0 Å². The van der Waals surface area contributed by atoms with Crippen molar-refractivity contribution in [1.82, 2.24) is 9.80 Å². The molecular formula is C21H25BrN2O2S. The van der Waals surface area contributed by atoms with Gasteiger partial charge in [0.15, 0.2) is 11.5 Å². The van der Waals surface area contributed by atoms with Crippen LogP contribution >= 0.6 is 28.1 Å². The Hall–Kier alpha value is -1.63. The van der Waals surface area contributed by atoms with Gasteiger partial charge in [-0.15, -0.1) is 0 Å². The number of para-hydroxylation sites is 1. The van der Waals surface area contributed by atoms with Crippen LogP contribution in [0.5, 0.6) is 11.5 Å². The predicted molar refractivity (Wildman–Crippen MR) is 117 cm³/mol. The first-order valence-corrected chi connectivity index (χ1v) is 10.4. The maximum Gasteiger partial charge on any atom is 0.171 e. The van der Waals surface area contributed by atoms with Crippen LogP contribution in [-0.2, 0) is 6.61 Å². The summed E-state index contributed by atoms with van der Waals surface area (Å²) in [5.74, 6) is 1.42. The molecule has 2 aromatic carbocycles. The molecule has 3 rings (SSSR count). The molecule has 0 atom stereocenters. The van der Waals surface area contributed by atoms with Crippen LogP contribution in [0.1, 0.15) is 18.1 Å². The number of piperazine rings is 1. The maximum atomic E-state index is 6.17. The first kappa shape index (κ1) is 20.1. The summed E-state index contributed by atoms with van der Waals surface area (Å²) < 4.78 is 12.8. The van der Waals surface area contributed by atoms with Gasteiger partial charge in [0.05, 0.1) is 12.7 Å². The van der Waals surface area contributed by atoms with Crippen LogP contribution in [0.15, 0.2) is 46.9 Å². The molecule has 2 aromatic rings. The van der Waals surface area contributed by atoms with E-state index in [1.807, 2.05) is 42.5 Å². The first-order valence-electron chi connectivity index (χ1n) is 9.18. The second-order valence-electron chi connectivity index (χ2n) is 6.48. The Balaban J connectivity index is 1.78. The zero-order chi connectivity index (χ0) is 19.2. The number of hydrogen-bond donors (Lipinski definition) is 0. The van der Waals surface area contributed by atoms with Gasteiger partial charge in [-0.3, -0.25) is 0 Å². The fraction of sp³-hybridized carbons (Fsp3) is 0.381. The summed E-state index contributed by atoms with van der Waals surface area (Å²) in [6.45, 7) is 7.70. The minimum absolute atomic E-state index is 0.465. The highest BCUT2D eigenvalue weighted by atomic mass is 79.9. The van der Waals surface area contributed by atoms with Crippen LogP contribution in [0.3, 0.4) is 0 Å². The number of benzene rings is 2. The van der Waals surface area contributed by atoms with E-state index in [4.69, 9.17) is 21.7 Å². The second-order valence-corrected chi connectivity index (χ2v) is 7.78. The highest BCUT2D eigenvalue weighted by molar-refractivity contribution is 9.10. The van der Waals surface area contributed by atoms with Gasteiger partial charge in [0.25, 0.3) is 0 Å². The van der Waals surface area contributed by atoms with Crippen molar-refractivity contribution < 1.29 is 9.47 Å². The molecule has 0 spiro atoms. The molecule has 0 aromatic heterocycles. The molecule has 1 aliphatic heterocycles. The Kier molecular flexibility index (Phi) is 7.10. The minimum Gasteiger partial charge on any atom is -0.493 e. The number of halogens is 1. The van der Waals surface area contributed by atoms with Crippen molar-refractivity contribution in [3.8, 4) is 11.5 Å². The van der Waals surface area contributed by atoms with Crippen LogP contribution in [0, 0.1) is 0 Å². The zero-order valence-corrected chi connectivity index (χ0v) is 18.2. The number of methoxy groups -OCH3 is 1. The Morgan fingerprint density at radius 3 is 2.41 bits per heavy atom. The summed E-state index contributed by atoms with van der Waals surface area (Å²) in [5.41, 5.74) is 2.02. The summed E-state index contributed by atoms with van der Waals surface area (Å²) in [4.78, 5) is 5.54. The van der Waals surface area contributed by atoms with Crippen LogP contribution in [0.4, 0.5) is 0 Å². The Labute approximate surface area is 175 Å². The Morgan fingerprint density at radius 2 is 1.78 bits per heavy atom. The number of hydrogen-bond acceptors (Lipinski definition) is 4. The van der Waals surface area contributed by atoms with E-state index in [-0.39, 0.29) is 0 Å². The van der Waals surface area contributed by atoms with E-state index in [0.717, 1.165) is 53.3 Å². The van der Waals surface area contributed by atoms with Crippen molar-refractivity contribution in [2.45, 2.75) is 13.5 Å². The molecule has 4 nitrogen and oxygen atoms in total. The van der Waals surface area contributed by atoms with Crippen molar-refractivity contribution in [3.63, 3.8) is 0 Å². The number of nitrogens with zero attached hydrogens (tertiary/aromatic N) is 2. The number of likely N-dealkylation sites (N-methyl/N-ethyl adjacent to an activating group) is 1. The first-order chi connectivity index (χ1) is 13.1. The molecule has 144 valence electrons. The van der Waals surface area contributed by atoms with E-state index < -0.39 is 0 Å². The third kappa shape index (κ3) is 5.00. The fourth-order valence-corrected chi connectivity index (χ4v) is 3.78. The van der Waals surface area contributed by atoms with Gasteiger partial charge in [0.1, 0.15) is 11.6 Å². The minimum atomic E-state index is 0.465. The summed E-state index contributed by atoms with van der Waals surface area (Å²) >= 11 is 9.29. The van der Waals surface area contributed by atoms with Gasteiger partial charge in [-0.25, -0.2) is 0 Å². The third-order valence-electron chi connectivity index (χ3n) is 4.83. The highest BCUT2D eigenvalue weighted by Gasteiger charge is 2.22. The molecule has 1 saturated heterocycles. The molecule has 1 fully saturated rings. The van der Waals surface area contributed by atoms with Crippen LogP contribution in [0.25, 0.3) is 0 Å². The summed E-state index contributed by atoms with van der Waals surface area (Å²) in [5, 5.41) is 0. The normalized spacial score (nSPS) is 14.9. The molecular weight excluding hydrogens is 424 g/mol. The molecule has 0 N–H and O–H groups in total. The Morgan fingerprint density at radius 1 is 1.07 bits per heavy atom. The van der Waals surface area contributed by atoms with Gasteiger partial charge in [0.2, 0.25) is 0 Å². The van der Waals surface area contributed by atoms with Gasteiger partial charge in [-0.2, -0.15) is 0 Å². The molecule has 1 heterocycles. The van der Waals surface area contributed by atoms with Crippen molar-refractivity contribution in [2.24, 2.45) is 0 Å². The summed E-state index contributed by atoms with van der Waals surface area (Å²) in [7, 11) is 1.66. The van der Waals surface area contributed by atoms with Crippen molar-refractivity contribution in [2.75, 3.05) is 39.8 Å². The van der Waals surface area contributed by atoms with Crippen molar-refractivity contribution in [3.05, 3.63) is 58.1 Å². The van der Waals surface area contributed by atoms with Crippen LogP contribution in [-0.4, -0.2) is 54.6 Å². The van der Waals surface area contributed by atoms with E-state index >= 15 is 0 Å². The van der Waals surface area contributed by atoms with Crippen molar-refractivity contribution in [1.29, 1.82) is 0 Å². The topological polar surface area (TPSA) is 24.9 Å². The largest absolute Gasteiger partial charge is 0.493 e. The number of rotatable bonds is 6. The average Bonchev–Trinajstić information content (AvgIpc) is 2.72. The lowest BCUT2D eigenvalue weighted by Gasteiger charge is -2.36. The van der Waals surface area contributed by atoms with Gasteiger partial charge in [-0.05, 0) is 36.4 Å². The molecule has 0 amide bonds. The molecule has 27 heavy (non-hydrogen) atoms. The molecule has 0 radical (unpaired) electrons. The smallest absolute Gasteiger partial charge is 0.171 e. The highest BCUT2D eigenvalue weighted by Crippen LogP contribution is 2.33. The number of thiocarbonyl (C=S) groups is 1. The molecule has 0 unspecified atom stereocenters. The average molecular weight is 449 g/mol. The molecule has 0 saturated carbocycles. The van der Waals surface area contributed by atoms with Gasteiger partial charge < -0.3 is 19.3 Å². The zero-order valence-electron chi connectivity index (χ0n) is 15.8. The molecule has 0 bridgehead atoms. The fourth-order valence-electron chi connectivity index (χ4n) is 3.17. The molecule has 1 aliphatic rings. The number of ether oxygens (including phenoxy) is 2. The SMILES string of the molecule is CCN1CCN(C(=S)c2cccc(OC)c2OCc2ccc(Br)cc2)CC1. The summed E-state index contributed by atoms with van der Waals surface area (Å²) in [6.07, 6.45) is 0. The Bertz CT molecular complexity index is 774. The van der Waals surface area contributed by atoms with Gasteiger partial charge in [-0.1, -0.05) is 53.3 Å². The standard InChI is InChI=1S/C21H25BrN2O2S/c1-3-23-11-13-24(14-12-23)21(27)18-5-4-6-19(25-2)20(18)26-15-16-7-9-17(22)10-8-16/h4-10H,3,11-15H2,1-2H3. The quantitative estimate of drug-likeness (QED) is 0.611. The van der Waals surface area contributed by atoms with E-state index in [1.54, 1.807) is 7.11 Å². The van der Waals surface area contributed by atoms with Crippen molar-refractivity contribution >= 4 is 33.1 Å². The summed E-state index contributed by atoms with van der Waals surface area (Å²) in [6, 6.07) is 14.0. The van der Waals surface area contributed by atoms with Crippen LogP contribution < -0.4 is 9.47 Å². The van der Waals surface area contributed by atoms with Crippen LogP contribution in [0.2, 0.25) is 0 Å². The lowest BCUT2D eigenvalue weighted by molar-refractivity contribution is 0.191. The monoisotopic (exact) mass is 448 g/mol. The van der Waals surface area contributed by atoms with E-state index in [0.29, 0.717) is 18.1 Å². The third-order valence-corrected chi connectivity index (χ3v) is 5.84.